The molecule has 1 fully saturated rings. The minimum absolute atomic E-state index is 0.0416. The molecule has 0 aliphatic heterocycles. The van der Waals surface area contributed by atoms with Gasteiger partial charge in [0.2, 0.25) is 0 Å². The highest BCUT2D eigenvalue weighted by molar-refractivity contribution is 6.99. The summed E-state index contributed by atoms with van der Waals surface area (Å²) in [7, 11) is -1.07. The van der Waals surface area contributed by atoms with E-state index in [4.69, 9.17) is 13.9 Å². The van der Waals surface area contributed by atoms with Crippen molar-refractivity contribution in [1.29, 1.82) is 0 Å². The average Bonchev–Trinajstić information content (AvgIpc) is 3.29. The molecule has 4 rings (SSSR count). The molecule has 3 aromatic rings. The Bertz CT molecular complexity index is 1100. The molecule has 3 aromatic carbocycles. The zero-order valence-electron chi connectivity index (χ0n) is 20.9. The average molecular weight is 491 g/mol. The lowest BCUT2D eigenvalue weighted by Crippen LogP contribution is -2.67. The van der Waals surface area contributed by atoms with Crippen LogP contribution in [-0.4, -0.2) is 38.7 Å². The first-order chi connectivity index (χ1) is 16.7. The van der Waals surface area contributed by atoms with Gasteiger partial charge in [-0.2, -0.15) is 0 Å². The van der Waals surface area contributed by atoms with Crippen LogP contribution >= 0.6 is 0 Å². The molecular weight excluding hydrogens is 456 g/mol. The van der Waals surface area contributed by atoms with Crippen molar-refractivity contribution in [2.24, 2.45) is 0 Å². The Hall–Kier alpha value is -3.09. The Labute approximate surface area is 208 Å². The lowest BCUT2D eigenvalue weighted by atomic mass is 10.2. The molecule has 0 bridgehead atoms. The van der Waals surface area contributed by atoms with Crippen LogP contribution in [0.5, 0.6) is 11.5 Å². The van der Waals surface area contributed by atoms with E-state index in [0.29, 0.717) is 11.5 Å². The lowest BCUT2D eigenvalue weighted by Gasteiger charge is -2.44. The summed E-state index contributed by atoms with van der Waals surface area (Å²) in [5.41, 5.74) is 0.180. The largest absolute Gasteiger partial charge is 0.493 e. The van der Waals surface area contributed by atoms with Crippen molar-refractivity contribution >= 4 is 24.7 Å². The number of benzene rings is 3. The van der Waals surface area contributed by atoms with Gasteiger partial charge in [0.15, 0.2) is 11.5 Å². The molecule has 1 N–H and O–H groups in total. The molecule has 0 radical (unpaired) electrons. The predicted molar refractivity (Wildman–Crippen MR) is 141 cm³/mol. The second kappa shape index (κ2) is 10.3. The molecule has 0 amide bonds. The number of aromatic carboxylic acids is 1. The van der Waals surface area contributed by atoms with E-state index in [-0.39, 0.29) is 22.8 Å². The predicted octanol–water partition coefficient (Wildman–Crippen LogP) is 5.27. The first kappa shape index (κ1) is 25.0. The van der Waals surface area contributed by atoms with E-state index in [1.54, 1.807) is 13.2 Å². The zero-order valence-corrected chi connectivity index (χ0v) is 21.9. The van der Waals surface area contributed by atoms with E-state index in [0.717, 1.165) is 19.3 Å². The van der Waals surface area contributed by atoms with Crippen LogP contribution in [0.15, 0.2) is 78.9 Å². The molecular formula is C29H34O5Si. The minimum Gasteiger partial charge on any atom is -0.493 e. The first-order valence-electron chi connectivity index (χ1n) is 12.1. The van der Waals surface area contributed by atoms with Gasteiger partial charge in [-0.15, -0.1) is 0 Å². The number of hydrogen-bond donors (Lipinski definition) is 1. The summed E-state index contributed by atoms with van der Waals surface area (Å²) in [6, 6.07) is 26.0. The highest BCUT2D eigenvalue weighted by Crippen LogP contribution is 2.40. The van der Waals surface area contributed by atoms with Gasteiger partial charge in [0.1, 0.15) is 6.10 Å². The highest BCUT2D eigenvalue weighted by atomic mass is 28.4. The molecule has 5 nitrogen and oxygen atoms in total. The lowest BCUT2D eigenvalue weighted by molar-refractivity contribution is 0.0695. The maximum absolute atomic E-state index is 11.5. The summed E-state index contributed by atoms with van der Waals surface area (Å²) >= 11 is 0. The van der Waals surface area contributed by atoms with Gasteiger partial charge in [0, 0.05) is 12.5 Å². The van der Waals surface area contributed by atoms with E-state index in [2.05, 4.69) is 69.3 Å². The van der Waals surface area contributed by atoms with E-state index in [9.17, 15) is 9.90 Å². The van der Waals surface area contributed by atoms with Gasteiger partial charge >= 0.3 is 5.97 Å². The summed E-state index contributed by atoms with van der Waals surface area (Å²) in [5.74, 6) is 0.00617. The number of carboxylic acids is 1. The van der Waals surface area contributed by atoms with Crippen molar-refractivity contribution in [2.45, 2.75) is 57.3 Å². The Balaban J connectivity index is 1.62. The number of methoxy groups -OCH3 is 1. The maximum Gasteiger partial charge on any atom is 0.335 e. The van der Waals surface area contributed by atoms with Crippen LogP contribution in [0, 0.1) is 0 Å². The second-order valence-corrected chi connectivity index (χ2v) is 14.4. The van der Waals surface area contributed by atoms with Crippen LogP contribution in [0.2, 0.25) is 5.04 Å². The van der Waals surface area contributed by atoms with Gasteiger partial charge in [-0.25, -0.2) is 4.79 Å². The summed E-state index contributed by atoms with van der Waals surface area (Å²) < 4.78 is 18.9. The molecule has 2 atom stereocenters. The van der Waals surface area contributed by atoms with Gasteiger partial charge in [-0.05, 0) is 46.5 Å². The monoisotopic (exact) mass is 490 g/mol. The van der Waals surface area contributed by atoms with Crippen molar-refractivity contribution in [3.05, 3.63) is 84.4 Å². The smallest absolute Gasteiger partial charge is 0.335 e. The topological polar surface area (TPSA) is 65.0 Å². The number of carboxylic acid groups (broad SMARTS) is 1. The van der Waals surface area contributed by atoms with Crippen molar-refractivity contribution in [3.63, 3.8) is 0 Å². The Morgan fingerprint density at radius 1 is 0.857 bits per heavy atom. The van der Waals surface area contributed by atoms with Crippen molar-refractivity contribution < 1.29 is 23.8 Å². The minimum atomic E-state index is -2.64. The van der Waals surface area contributed by atoms with E-state index in [1.807, 2.05) is 12.1 Å². The van der Waals surface area contributed by atoms with Crippen molar-refractivity contribution in [3.8, 4) is 11.5 Å². The Morgan fingerprint density at radius 2 is 1.43 bits per heavy atom. The van der Waals surface area contributed by atoms with Gasteiger partial charge in [-0.1, -0.05) is 81.4 Å². The fourth-order valence-corrected chi connectivity index (χ4v) is 9.87. The second-order valence-electron chi connectivity index (χ2n) is 10.1. The van der Waals surface area contributed by atoms with Crippen LogP contribution < -0.4 is 19.8 Å². The van der Waals surface area contributed by atoms with E-state index < -0.39 is 14.3 Å². The third-order valence-corrected chi connectivity index (χ3v) is 11.9. The zero-order chi connectivity index (χ0) is 25.1. The van der Waals surface area contributed by atoms with Crippen LogP contribution in [0.25, 0.3) is 0 Å². The van der Waals surface area contributed by atoms with Crippen molar-refractivity contribution in [2.75, 3.05) is 7.11 Å². The van der Waals surface area contributed by atoms with Gasteiger partial charge in [-0.3, -0.25) is 0 Å². The summed E-state index contributed by atoms with van der Waals surface area (Å²) in [6.07, 6.45) is 2.43. The molecule has 0 aromatic heterocycles. The van der Waals surface area contributed by atoms with Crippen LogP contribution in [-0.2, 0) is 4.43 Å². The maximum atomic E-state index is 11.5. The molecule has 1 aliphatic carbocycles. The quantitative estimate of drug-likeness (QED) is 0.436. The van der Waals surface area contributed by atoms with Gasteiger partial charge in [0.25, 0.3) is 8.32 Å². The fourth-order valence-electron chi connectivity index (χ4n) is 5.14. The molecule has 0 heterocycles. The van der Waals surface area contributed by atoms with Crippen LogP contribution in [0.4, 0.5) is 0 Å². The molecule has 0 spiro atoms. The van der Waals surface area contributed by atoms with Crippen LogP contribution in [0.1, 0.15) is 50.4 Å². The molecule has 6 heteroatoms. The molecule has 1 saturated carbocycles. The third kappa shape index (κ3) is 5.14. The summed E-state index contributed by atoms with van der Waals surface area (Å²) in [4.78, 5) is 11.5. The van der Waals surface area contributed by atoms with Crippen LogP contribution in [0.3, 0.4) is 0 Å². The SMILES string of the molecule is COc1ccc(C(=O)O)cc1O[C@H]1CC[C@H](O[Si](c2ccccc2)(c2ccccc2)C(C)(C)C)C1. The number of ether oxygens (including phenoxy) is 2. The third-order valence-electron chi connectivity index (χ3n) is 6.80. The van der Waals surface area contributed by atoms with Crippen molar-refractivity contribution in [1.82, 2.24) is 0 Å². The number of hydrogen-bond acceptors (Lipinski definition) is 4. The number of carbonyl (C=O) groups is 1. The standard InChI is InChI=1S/C29H34O5Si/c1-29(2,3)35(24-11-7-5-8-12-24,25-13-9-6-10-14-25)34-23-17-16-22(20-23)33-27-19-21(28(30)31)15-18-26(27)32-4/h5-15,18-19,22-23H,16-17,20H2,1-4H3,(H,30,31)/t22-,23-/m0/s1. The molecule has 35 heavy (non-hydrogen) atoms. The summed E-state index contributed by atoms with van der Waals surface area (Å²) in [5, 5.41) is 11.8. The molecule has 184 valence electrons. The normalized spacial score (nSPS) is 18.3. The first-order valence-corrected chi connectivity index (χ1v) is 14.0. The van der Waals surface area contributed by atoms with Gasteiger partial charge < -0.3 is 19.0 Å². The number of rotatable bonds is 8. The Morgan fingerprint density at radius 3 is 1.94 bits per heavy atom. The van der Waals surface area contributed by atoms with E-state index in [1.165, 1.54) is 22.5 Å². The fraction of sp³-hybridized carbons (Fsp3) is 0.345. The van der Waals surface area contributed by atoms with E-state index >= 15 is 0 Å². The van der Waals surface area contributed by atoms with Gasteiger partial charge in [0.05, 0.1) is 12.7 Å². The highest BCUT2D eigenvalue weighted by Gasteiger charge is 2.52. The summed E-state index contributed by atoms with van der Waals surface area (Å²) in [6.45, 7) is 6.85. The molecule has 0 saturated heterocycles. The Kier molecular flexibility index (Phi) is 7.33. The molecule has 1 aliphatic rings. The molecule has 0 unspecified atom stereocenters.